The monoisotopic (exact) mass is 216 g/mol. The molecule has 0 atom stereocenters. The van der Waals surface area contributed by atoms with E-state index in [0.29, 0.717) is 5.41 Å². The van der Waals surface area contributed by atoms with Crippen LogP contribution < -0.4 is 5.32 Å². The molecule has 16 heavy (non-hydrogen) atoms. The molecule has 0 amide bonds. The zero-order valence-corrected chi connectivity index (χ0v) is 10.2. The Hall–Kier alpha value is -0.890. The molecular formula is C14H20N2. The van der Waals surface area contributed by atoms with Gasteiger partial charge in [0.15, 0.2) is 0 Å². The summed E-state index contributed by atoms with van der Waals surface area (Å²) < 4.78 is 0. The summed E-state index contributed by atoms with van der Waals surface area (Å²) in [4.78, 5) is 4.67. The Morgan fingerprint density at radius 3 is 2.81 bits per heavy atom. The van der Waals surface area contributed by atoms with Gasteiger partial charge >= 0.3 is 0 Å². The van der Waals surface area contributed by atoms with Gasteiger partial charge in [0.1, 0.15) is 0 Å². The van der Waals surface area contributed by atoms with Crippen molar-refractivity contribution in [1.82, 2.24) is 10.3 Å². The van der Waals surface area contributed by atoms with Gasteiger partial charge in [0.25, 0.3) is 0 Å². The van der Waals surface area contributed by atoms with Crippen molar-refractivity contribution in [3.63, 3.8) is 0 Å². The highest BCUT2D eigenvalue weighted by Gasteiger charge is 2.42. The van der Waals surface area contributed by atoms with Crippen molar-refractivity contribution in [1.29, 1.82) is 0 Å². The van der Waals surface area contributed by atoms with Gasteiger partial charge in [-0.1, -0.05) is 13.0 Å². The van der Waals surface area contributed by atoms with E-state index >= 15 is 0 Å². The molecule has 0 saturated heterocycles. The van der Waals surface area contributed by atoms with E-state index in [4.69, 9.17) is 0 Å². The Balaban J connectivity index is 1.83. The van der Waals surface area contributed by atoms with Crippen LogP contribution in [0.1, 0.15) is 49.4 Å². The van der Waals surface area contributed by atoms with Gasteiger partial charge in [0, 0.05) is 24.2 Å². The lowest BCUT2D eigenvalue weighted by Crippen LogP contribution is -2.19. The minimum absolute atomic E-state index is 0.383. The summed E-state index contributed by atoms with van der Waals surface area (Å²) in [7, 11) is 0. The standard InChI is InChI=1S/C14H20N2/c1-10-7-11(9-15-12-3-4-12)13(16-8-10)14(2)5-6-14/h7-8,12,15H,3-6,9H2,1-2H3. The molecule has 3 rings (SSSR count). The maximum Gasteiger partial charge on any atom is 0.0507 e. The topological polar surface area (TPSA) is 24.9 Å². The lowest BCUT2D eigenvalue weighted by atomic mass is 9.98. The van der Waals surface area contributed by atoms with E-state index in [2.05, 4.69) is 30.2 Å². The van der Waals surface area contributed by atoms with Crippen molar-refractivity contribution in [3.05, 3.63) is 29.1 Å². The molecule has 2 fully saturated rings. The van der Waals surface area contributed by atoms with Crippen LogP contribution in [0.25, 0.3) is 0 Å². The van der Waals surface area contributed by atoms with Gasteiger partial charge in [-0.05, 0) is 43.7 Å². The molecule has 0 aliphatic heterocycles. The third-order valence-electron chi connectivity index (χ3n) is 3.83. The average molecular weight is 216 g/mol. The highest BCUT2D eigenvalue weighted by molar-refractivity contribution is 5.34. The van der Waals surface area contributed by atoms with Crippen molar-refractivity contribution in [2.75, 3.05) is 0 Å². The number of hydrogen-bond acceptors (Lipinski definition) is 2. The molecule has 86 valence electrons. The van der Waals surface area contributed by atoms with Crippen LogP contribution in [0.5, 0.6) is 0 Å². The van der Waals surface area contributed by atoms with Crippen LogP contribution in [0.15, 0.2) is 12.3 Å². The number of nitrogens with one attached hydrogen (secondary N) is 1. The lowest BCUT2D eigenvalue weighted by molar-refractivity contribution is 0.655. The predicted molar refractivity (Wildman–Crippen MR) is 65.4 cm³/mol. The fourth-order valence-electron chi connectivity index (χ4n) is 2.27. The Bertz CT molecular complexity index is 403. The summed E-state index contributed by atoms with van der Waals surface area (Å²) in [5.41, 5.74) is 4.42. The number of aryl methyl sites for hydroxylation is 1. The fourth-order valence-corrected chi connectivity index (χ4v) is 2.27. The molecule has 1 aromatic heterocycles. The highest BCUT2D eigenvalue weighted by Crippen LogP contribution is 2.47. The Morgan fingerprint density at radius 2 is 2.19 bits per heavy atom. The number of pyridine rings is 1. The summed E-state index contributed by atoms with van der Waals surface area (Å²) in [6, 6.07) is 3.08. The van der Waals surface area contributed by atoms with E-state index in [1.807, 2.05) is 6.20 Å². The van der Waals surface area contributed by atoms with E-state index in [0.717, 1.165) is 12.6 Å². The quantitative estimate of drug-likeness (QED) is 0.837. The molecule has 0 spiro atoms. The maximum atomic E-state index is 4.67. The number of hydrogen-bond donors (Lipinski definition) is 1. The zero-order valence-electron chi connectivity index (χ0n) is 10.2. The first-order chi connectivity index (χ1) is 7.67. The SMILES string of the molecule is Cc1cnc(C2(C)CC2)c(CNC2CC2)c1. The third kappa shape index (κ3) is 1.99. The van der Waals surface area contributed by atoms with Crippen LogP contribution in [-0.2, 0) is 12.0 Å². The minimum Gasteiger partial charge on any atom is -0.310 e. The second kappa shape index (κ2) is 3.56. The highest BCUT2D eigenvalue weighted by atomic mass is 14.9. The van der Waals surface area contributed by atoms with Crippen molar-refractivity contribution >= 4 is 0 Å². The molecule has 0 bridgehead atoms. The molecule has 1 aromatic rings. The Kier molecular flexibility index (Phi) is 2.28. The molecule has 1 heterocycles. The summed E-state index contributed by atoms with van der Waals surface area (Å²) in [5, 5.41) is 3.60. The number of nitrogens with zero attached hydrogens (tertiary/aromatic N) is 1. The first kappa shape index (κ1) is 10.3. The van der Waals surface area contributed by atoms with Crippen LogP contribution in [0.3, 0.4) is 0 Å². The molecule has 0 aromatic carbocycles. The lowest BCUT2D eigenvalue weighted by Gasteiger charge is -2.15. The number of aromatic nitrogens is 1. The van der Waals surface area contributed by atoms with Gasteiger partial charge in [-0.2, -0.15) is 0 Å². The third-order valence-corrected chi connectivity index (χ3v) is 3.83. The van der Waals surface area contributed by atoms with Gasteiger partial charge in [0.2, 0.25) is 0 Å². The van der Waals surface area contributed by atoms with Crippen molar-refractivity contribution < 1.29 is 0 Å². The first-order valence-corrected chi connectivity index (χ1v) is 6.37. The van der Waals surface area contributed by atoms with Crippen molar-refractivity contribution in [2.24, 2.45) is 0 Å². The Labute approximate surface area is 97.5 Å². The summed E-state index contributed by atoms with van der Waals surface area (Å²) in [6.45, 7) is 5.47. The molecular weight excluding hydrogens is 196 g/mol. The van der Waals surface area contributed by atoms with Gasteiger partial charge < -0.3 is 5.32 Å². The fraction of sp³-hybridized carbons (Fsp3) is 0.643. The van der Waals surface area contributed by atoms with Gasteiger partial charge in [-0.25, -0.2) is 0 Å². The Morgan fingerprint density at radius 1 is 1.44 bits per heavy atom. The molecule has 1 N–H and O–H groups in total. The summed E-state index contributed by atoms with van der Waals surface area (Å²) >= 11 is 0. The molecule has 2 aliphatic rings. The van der Waals surface area contributed by atoms with E-state index in [-0.39, 0.29) is 0 Å². The molecule has 2 aliphatic carbocycles. The van der Waals surface area contributed by atoms with Crippen LogP contribution >= 0.6 is 0 Å². The first-order valence-electron chi connectivity index (χ1n) is 6.37. The largest absolute Gasteiger partial charge is 0.310 e. The van der Waals surface area contributed by atoms with Crippen LogP contribution in [0.2, 0.25) is 0 Å². The van der Waals surface area contributed by atoms with Gasteiger partial charge in [0.05, 0.1) is 5.69 Å². The van der Waals surface area contributed by atoms with Crippen molar-refractivity contribution in [3.8, 4) is 0 Å². The molecule has 2 nitrogen and oxygen atoms in total. The van der Waals surface area contributed by atoms with Crippen LogP contribution in [0, 0.1) is 6.92 Å². The molecule has 2 saturated carbocycles. The molecule has 0 unspecified atom stereocenters. The molecule has 2 heteroatoms. The van der Waals surface area contributed by atoms with Gasteiger partial charge in [-0.15, -0.1) is 0 Å². The predicted octanol–water partition coefficient (Wildman–Crippen LogP) is 2.69. The smallest absolute Gasteiger partial charge is 0.0507 e. The maximum absolute atomic E-state index is 4.67. The normalized spacial score (nSPS) is 22.1. The average Bonchev–Trinajstić information content (AvgIpc) is 3.12. The van der Waals surface area contributed by atoms with Crippen molar-refractivity contribution in [2.45, 2.75) is 57.5 Å². The van der Waals surface area contributed by atoms with Gasteiger partial charge in [-0.3, -0.25) is 4.98 Å². The van der Waals surface area contributed by atoms with Crippen LogP contribution in [-0.4, -0.2) is 11.0 Å². The van der Waals surface area contributed by atoms with E-state index < -0.39 is 0 Å². The van der Waals surface area contributed by atoms with E-state index in [1.54, 1.807) is 0 Å². The zero-order chi connectivity index (χ0) is 11.2. The molecule has 0 radical (unpaired) electrons. The van der Waals surface area contributed by atoms with E-state index in [9.17, 15) is 0 Å². The minimum atomic E-state index is 0.383. The second-order valence-corrected chi connectivity index (χ2v) is 5.74. The second-order valence-electron chi connectivity index (χ2n) is 5.74. The van der Waals surface area contributed by atoms with Crippen LogP contribution in [0.4, 0.5) is 0 Å². The number of rotatable bonds is 4. The summed E-state index contributed by atoms with van der Waals surface area (Å²) in [6.07, 6.45) is 7.33. The van der Waals surface area contributed by atoms with E-state index in [1.165, 1.54) is 42.5 Å². The summed E-state index contributed by atoms with van der Waals surface area (Å²) in [5.74, 6) is 0.